The summed E-state index contributed by atoms with van der Waals surface area (Å²) in [5, 5.41) is 10.8. The molecule has 1 unspecified atom stereocenters. The highest BCUT2D eigenvalue weighted by Gasteiger charge is 2.33. The van der Waals surface area contributed by atoms with Crippen molar-refractivity contribution in [2.45, 2.75) is 50.3 Å². The third-order valence-electron chi connectivity index (χ3n) is 6.66. The van der Waals surface area contributed by atoms with Gasteiger partial charge in [0.15, 0.2) is 0 Å². The van der Waals surface area contributed by atoms with Gasteiger partial charge in [-0.05, 0) is 80.8 Å². The highest BCUT2D eigenvalue weighted by atomic mass is 32.2. The van der Waals surface area contributed by atoms with Gasteiger partial charge in [0, 0.05) is 18.7 Å². The Kier molecular flexibility index (Phi) is 6.22. The topological polar surface area (TPSA) is 105 Å². The van der Waals surface area contributed by atoms with Gasteiger partial charge in [-0.2, -0.15) is 4.31 Å². The maximum absolute atomic E-state index is 13.0. The van der Waals surface area contributed by atoms with Gasteiger partial charge in [0.1, 0.15) is 0 Å². The molecule has 1 aromatic heterocycles. The predicted molar refractivity (Wildman–Crippen MR) is 128 cm³/mol. The van der Waals surface area contributed by atoms with Crippen molar-refractivity contribution in [3.63, 3.8) is 0 Å². The largest absolute Gasteiger partial charge is 0.403 e. The molecule has 34 heavy (non-hydrogen) atoms. The normalized spacial score (nSPS) is 18.9. The molecular weight excluding hydrogens is 452 g/mol. The Labute approximate surface area is 199 Å². The van der Waals surface area contributed by atoms with Crippen LogP contribution in [0.3, 0.4) is 0 Å². The van der Waals surface area contributed by atoms with E-state index < -0.39 is 15.9 Å². The van der Waals surface area contributed by atoms with Crippen molar-refractivity contribution in [3.8, 4) is 11.5 Å². The monoisotopic (exact) mass is 480 g/mol. The molecule has 1 atom stereocenters. The van der Waals surface area contributed by atoms with Gasteiger partial charge in [-0.25, -0.2) is 8.42 Å². The summed E-state index contributed by atoms with van der Waals surface area (Å²) in [6, 6.07) is 13.0. The molecule has 1 fully saturated rings. The zero-order valence-electron chi connectivity index (χ0n) is 19.2. The second kappa shape index (κ2) is 9.31. The van der Waals surface area contributed by atoms with Crippen molar-refractivity contribution in [2.24, 2.45) is 5.92 Å². The summed E-state index contributed by atoms with van der Waals surface area (Å²) < 4.78 is 33.2. The fourth-order valence-corrected chi connectivity index (χ4v) is 6.22. The predicted octanol–water partition coefficient (Wildman–Crippen LogP) is 3.96. The minimum absolute atomic E-state index is 0.0243. The average Bonchev–Trinajstić information content (AvgIpc) is 3.32. The number of aryl methyl sites for hydroxylation is 3. The fourth-order valence-electron chi connectivity index (χ4n) is 4.70. The number of sulfonamides is 1. The third kappa shape index (κ3) is 4.63. The molecule has 0 radical (unpaired) electrons. The zero-order valence-corrected chi connectivity index (χ0v) is 20.0. The fraction of sp³-hybridized carbons (Fsp3) is 0.400. The van der Waals surface area contributed by atoms with Crippen molar-refractivity contribution in [1.82, 2.24) is 14.5 Å². The molecule has 0 spiro atoms. The Morgan fingerprint density at radius 2 is 1.79 bits per heavy atom. The molecular formula is C25H28N4O4S. The Balaban J connectivity index is 1.26. The lowest BCUT2D eigenvalue weighted by Gasteiger charge is -2.30. The van der Waals surface area contributed by atoms with Crippen LogP contribution in [0.2, 0.25) is 0 Å². The van der Waals surface area contributed by atoms with E-state index in [0.29, 0.717) is 25.3 Å². The molecule has 2 aliphatic rings. The number of hydrogen-bond donors (Lipinski definition) is 1. The molecule has 2 aromatic carbocycles. The SMILES string of the molecule is Cc1ccc(S(=O)(=O)N2CCCC(C(=O)Nc3nnc(-c4ccc5c(c4)CCCC5)o3)C2)cc1. The quantitative estimate of drug-likeness (QED) is 0.593. The van der Waals surface area contributed by atoms with Gasteiger partial charge in [0.05, 0.1) is 10.8 Å². The van der Waals surface area contributed by atoms with Crippen LogP contribution in [0, 0.1) is 12.8 Å². The van der Waals surface area contributed by atoms with Crippen LogP contribution in [0.15, 0.2) is 51.8 Å². The standard InChI is InChI=1S/C25H28N4O4S/c1-17-8-12-22(13-9-17)34(31,32)29-14-4-7-21(16-29)23(30)26-25-28-27-24(33-25)20-11-10-18-5-2-3-6-19(18)15-20/h8-13,15,21H,2-7,14,16H2,1H3,(H,26,28,30). The average molecular weight is 481 g/mol. The Hall–Kier alpha value is -3.04. The second-order valence-corrected chi connectivity index (χ2v) is 11.0. The zero-order chi connectivity index (χ0) is 23.7. The van der Waals surface area contributed by atoms with Crippen LogP contribution in [0.25, 0.3) is 11.5 Å². The molecule has 0 saturated carbocycles. The van der Waals surface area contributed by atoms with Gasteiger partial charge < -0.3 is 4.42 Å². The van der Waals surface area contributed by atoms with Crippen molar-refractivity contribution >= 4 is 21.9 Å². The molecule has 1 saturated heterocycles. The van der Waals surface area contributed by atoms with Gasteiger partial charge in [-0.3, -0.25) is 10.1 Å². The number of rotatable bonds is 5. The number of nitrogens with one attached hydrogen (secondary N) is 1. The van der Waals surface area contributed by atoms with Crippen molar-refractivity contribution in [3.05, 3.63) is 59.2 Å². The number of nitrogens with zero attached hydrogens (tertiary/aromatic N) is 3. The third-order valence-corrected chi connectivity index (χ3v) is 8.54. The molecule has 0 bridgehead atoms. The molecule has 2 heterocycles. The molecule has 9 heteroatoms. The maximum Gasteiger partial charge on any atom is 0.322 e. The summed E-state index contributed by atoms with van der Waals surface area (Å²) in [6.45, 7) is 2.42. The molecule has 178 valence electrons. The number of carbonyl (C=O) groups excluding carboxylic acids is 1. The van der Waals surface area contributed by atoms with Crippen LogP contribution in [-0.4, -0.2) is 41.9 Å². The lowest BCUT2D eigenvalue weighted by Crippen LogP contribution is -2.43. The molecule has 3 aromatic rings. The van der Waals surface area contributed by atoms with Crippen LogP contribution in [-0.2, 0) is 27.7 Å². The molecule has 1 N–H and O–H groups in total. The van der Waals surface area contributed by atoms with E-state index in [-0.39, 0.29) is 23.4 Å². The van der Waals surface area contributed by atoms with E-state index in [2.05, 4.69) is 27.6 Å². The molecule has 1 aliphatic carbocycles. The Morgan fingerprint density at radius 3 is 2.59 bits per heavy atom. The van der Waals surface area contributed by atoms with Gasteiger partial charge in [-0.15, -0.1) is 5.10 Å². The summed E-state index contributed by atoms with van der Waals surface area (Å²) >= 11 is 0. The van der Waals surface area contributed by atoms with Crippen LogP contribution >= 0.6 is 0 Å². The number of anilines is 1. The summed E-state index contributed by atoms with van der Waals surface area (Å²) in [5.41, 5.74) is 4.50. The first-order valence-corrected chi connectivity index (χ1v) is 13.2. The van der Waals surface area contributed by atoms with E-state index in [9.17, 15) is 13.2 Å². The second-order valence-electron chi connectivity index (χ2n) is 9.11. The van der Waals surface area contributed by atoms with Crippen LogP contribution in [0.1, 0.15) is 42.4 Å². The highest BCUT2D eigenvalue weighted by molar-refractivity contribution is 7.89. The van der Waals surface area contributed by atoms with Crippen molar-refractivity contribution in [1.29, 1.82) is 0 Å². The van der Waals surface area contributed by atoms with E-state index in [1.807, 2.05) is 13.0 Å². The highest BCUT2D eigenvalue weighted by Crippen LogP contribution is 2.28. The Morgan fingerprint density at radius 1 is 1.03 bits per heavy atom. The van der Waals surface area contributed by atoms with E-state index in [0.717, 1.165) is 24.0 Å². The van der Waals surface area contributed by atoms with Crippen LogP contribution in [0.5, 0.6) is 0 Å². The summed E-state index contributed by atoms with van der Waals surface area (Å²) in [5.74, 6) is -0.451. The van der Waals surface area contributed by atoms with Gasteiger partial charge >= 0.3 is 6.01 Å². The van der Waals surface area contributed by atoms with Gasteiger partial charge in [-0.1, -0.05) is 28.9 Å². The minimum atomic E-state index is -3.66. The first kappa shape index (κ1) is 22.7. The van der Waals surface area contributed by atoms with Crippen molar-refractivity contribution in [2.75, 3.05) is 18.4 Å². The lowest BCUT2D eigenvalue weighted by atomic mass is 9.90. The number of fused-ring (bicyclic) bond motifs is 1. The molecule has 5 rings (SSSR count). The number of piperidine rings is 1. The number of aromatic nitrogens is 2. The smallest absolute Gasteiger partial charge is 0.322 e. The van der Waals surface area contributed by atoms with E-state index in [4.69, 9.17) is 4.42 Å². The number of amides is 1. The first-order chi connectivity index (χ1) is 16.4. The number of benzene rings is 2. The number of hydrogen-bond acceptors (Lipinski definition) is 6. The maximum atomic E-state index is 13.0. The molecule has 1 aliphatic heterocycles. The number of carbonyl (C=O) groups is 1. The van der Waals surface area contributed by atoms with Crippen LogP contribution in [0.4, 0.5) is 6.01 Å². The van der Waals surface area contributed by atoms with Crippen molar-refractivity contribution < 1.29 is 17.6 Å². The van der Waals surface area contributed by atoms with E-state index >= 15 is 0 Å². The Bertz CT molecular complexity index is 1300. The van der Waals surface area contributed by atoms with E-state index in [1.54, 1.807) is 24.3 Å². The first-order valence-electron chi connectivity index (χ1n) is 11.7. The van der Waals surface area contributed by atoms with Crippen LogP contribution < -0.4 is 5.32 Å². The summed E-state index contributed by atoms with van der Waals surface area (Å²) in [7, 11) is -3.66. The summed E-state index contributed by atoms with van der Waals surface area (Å²) in [4.78, 5) is 13.1. The van der Waals surface area contributed by atoms with E-state index in [1.165, 1.54) is 28.3 Å². The minimum Gasteiger partial charge on any atom is -0.403 e. The molecule has 1 amide bonds. The lowest BCUT2D eigenvalue weighted by molar-refractivity contribution is -0.121. The molecule has 8 nitrogen and oxygen atoms in total. The van der Waals surface area contributed by atoms with Gasteiger partial charge in [0.2, 0.25) is 21.8 Å². The van der Waals surface area contributed by atoms with Gasteiger partial charge in [0.25, 0.3) is 0 Å². The summed E-state index contributed by atoms with van der Waals surface area (Å²) in [6.07, 6.45) is 5.74.